The molecule has 1 atom stereocenters. The van der Waals surface area contributed by atoms with E-state index in [1.807, 2.05) is 54.4 Å². The summed E-state index contributed by atoms with van der Waals surface area (Å²) in [4.78, 5) is 17.9. The van der Waals surface area contributed by atoms with Gasteiger partial charge in [0.25, 0.3) is 5.91 Å². The number of nitrogens with one attached hydrogen (secondary N) is 1. The monoisotopic (exact) mass is 370 g/mol. The first-order chi connectivity index (χ1) is 13.1. The molecule has 2 aromatic rings. The van der Waals surface area contributed by atoms with Crippen LogP contribution in [0.3, 0.4) is 0 Å². The fourth-order valence-electron chi connectivity index (χ4n) is 3.20. The number of carbonyl (C=O) groups excluding carboxylic acids is 1. The van der Waals surface area contributed by atoms with Gasteiger partial charge in [0.2, 0.25) is 0 Å². The normalized spacial score (nSPS) is 15.4. The van der Waals surface area contributed by atoms with Gasteiger partial charge < -0.3 is 24.5 Å². The number of para-hydroxylation sites is 1. The van der Waals surface area contributed by atoms with Crippen LogP contribution in [0.15, 0.2) is 54.6 Å². The minimum absolute atomic E-state index is 0.192. The summed E-state index contributed by atoms with van der Waals surface area (Å²) in [6.45, 7) is 4.95. The van der Waals surface area contributed by atoms with Gasteiger partial charge in [0, 0.05) is 31.9 Å². The average molecular weight is 370 g/mol. The lowest BCUT2D eigenvalue weighted by Crippen LogP contribution is -3.10. The highest BCUT2D eigenvalue weighted by atomic mass is 16.5. The van der Waals surface area contributed by atoms with Crippen molar-refractivity contribution in [1.29, 1.82) is 0 Å². The van der Waals surface area contributed by atoms with Crippen LogP contribution >= 0.6 is 0 Å². The molecule has 3 rings (SSSR count). The smallest absolute Gasteiger partial charge is 0.277 e. The van der Waals surface area contributed by atoms with Crippen molar-refractivity contribution in [2.24, 2.45) is 0 Å². The van der Waals surface area contributed by atoms with E-state index in [1.165, 1.54) is 0 Å². The minimum atomic E-state index is 0.192. The predicted molar refractivity (Wildman–Crippen MR) is 105 cm³/mol. The van der Waals surface area contributed by atoms with E-state index in [0.717, 1.165) is 49.1 Å². The van der Waals surface area contributed by atoms with Gasteiger partial charge in [-0.3, -0.25) is 4.79 Å². The second-order valence-electron chi connectivity index (χ2n) is 6.93. The van der Waals surface area contributed by atoms with Crippen LogP contribution in [0.1, 0.15) is 0 Å². The van der Waals surface area contributed by atoms with Crippen LogP contribution in [-0.2, 0) is 4.79 Å². The summed E-state index contributed by atoms with van der Waals surface area (Å²) in [5, 5.41) is 9.40. The molecule has 1 fully saturated rings. The summed E-state index contributed by atoms with van der Waals surface area (Å²) < 4.78 is 5.70. The van der Waals surface area contributed by atoms with Crippen LogP contribution in [0, 0.1) is 0 Å². The largest absolute Gasteiger partial charge is 0.508 e. The topological polar surface area (TPSA) is 57.5 Å². The summed E-state index contributed by atoms with van der Waals surface area (Å²) in [6, 6.07) is 17.0. The van der Waals surface area contributed by atoms with Gasteiger partial charge in [-0.25, -0.2) is 0 Å². The number of rotatable bonds is 7. The number of quaternary nitrogens is 1. The Balaban J connectivity index is 1.38. The third kappa shape index (κ3) is 5.62. The van der Waals surface area contributed by atoms with Gasteiger partial charge in [-0.2, -0.15) is 0 Å². The van der Waals surface area contributed by atoms with Crippen molar-refractivity contribution in [3.05, 3.63) is 54.6 Å². The third-order valence-electron chi connectivity index (χ3n) is 4.84. The first-order valence-electron chi connectivity index (χ1n) is 9.43. The Kier molecular flexibility index (Phi) is 6.54. The molecule has 1 saturated heterocycles. The zero-order valence-corrected chi connectivity index (χ0v) is 15.8. The quantitative estimate of drug-likeness (QED) is 0.751. The molecule has 0 aliphatic carbocycles. The fraction of sp³-hybridized carbons (Fsp3) is 0.381. The van der Waals surface area contributed by atoms with Crippen LogP contribution in [0.4, 0.5) is 5.69 Å². The second kappa shape index (κ2) is 9.28. The van der Waals surface area contributed by atoms with Gasteiger partial charge in [0.05, 0.1) is 7.05 Å². The molecule has 1 aliphatic heterocycles. The van der Waals surface area contributed by atoms with Crippen molar-refractivity contribution in [2.75, 3.05) is 57.8 Å². The number of piperazine rings is 1. The average Bonchev–Trinajstić information content (AvgIpc) is 2.69. The van der Waals surface area contributed by atoms with Crippen molar-refractivity contribution in [1.82, 2.24) is 4.90 Å². The van der Waals surface area contributed by atoms with E-state index >= 15 is 0 Å². The highest BCUT2D eigenvalue weighted by Crippen LogP contribution is 2.19. The number of likely N-dealkylation sites (N-methyl/N-ethyl adjacent to an activating group) is 1. The zero-order chi connectivity index (χ0) is 19.1. The maximum absolute atomic E-state index is 12.5. The third-order valence-corrected chi connectivity index (χ3v) is 4.84. The number of amides is 1. The number of hydrogen-bond acceptors (Lipinski definition) is 4. The summed E-state index contributed by atoms with van der Waals surface area (Å²) in [7, 11) is 2.03. The second-order valence-corrected chi connectivity index (χ2v) is 6.93. The molecule has 0 radical (unpaired) electrons. The number of carbonyl (C=O) groups is 1. The molecule has 6 nitrogen and oxygen atoms in total. The van der Waals surface area contributed by atoms with Crippen LogP contribution in [-0.4, -0.2) is 68.8 Å². The Morgan fingerprint density at radius 3 is 2.37 bits per heavy atom. The SMILES string of the molecule is C[NH+](CCOc1ccccc1)CC(=O)N1CCN(c2ccc(O)cc2)CC1. The summed E-state index contributed by atoms with van der Waals surface area (Å²) in [5.74, 6) is 1.33. The number of phenols is 1. The lowest BCUT2D eigenvalue weighted by Gasteiger charge is -2.36. The maximum atomic E-state index is 12.5. The van der Waals surface area contributed by atoms with Crippen LogP contribution in [0.2, 0.25) is 0 Å². The minimum Gasteiger partial charge on any atom is -0.508 e. The van der Waals surface area contributed by atoms with Gasteiger partial charge in [0.1, 0.15) is 24.7 Å². The number of nitrogens with zero attached hydrogens (tertiary/aromatic N) is 2. The predicted octanol–water partition coefficient (Wildman–Crippen LogP) is 0.635. The van der Waals surface area contributed by atoms with Crippen molar-refractivity contribution >= 4 is 11.6 Å². The summed E-state index contributed by atoms with van der Waals surface area (Å²) >= 11 is 0. The van der Waals surface area contributed by atoms with E-state index in [9.17, 15) is 9.90 Å². The molecule has 27 heavy (non-hydrogen) atoms. The Morgan fingerprint density at radius 1 is 1.04 bits per heavy atom. The van der Waals surface area contributed by atoms with Gasteiger partial charge in [-0.05, 0) is 36.4 Å². The molecule has 0 aromatic heterocycles. The van der Waals surface area contributed by atoms with Crippen molar-refractivity contribution in [2.45, 2.75) is 0 Å². The Hall–Kier alpha value is -2.73. The molecule has 144 valence electrons. The number of anilines is 1. The first kappa shape index (κ1) is 19.0. The molecular formula is C21H28N3O3+. The van der Waals surface area contributed by atoms with E-state index in [1.54, 1.807) is 12.1 Å². The van der Waals surface area contributed by atoms with Crippen molar-refractivity contribution in [3.63, 3.8) is 0 Å². The molecule has 1 heterocycles. The highest BCUT2D eigenvalue weighted by Gasteiger charge is 2.23. The van der Waals surface area contributed by atoms with Gasteiger partial charge in [-0.15, -0.1) is 0 Å². The van der Waals surface area contributed by atoms with E-state index < -0.39 is 0 Å². The van der Waals surface area contributed by atoms with E-state index in [0.29, 0.717) is 13.2 Å². The molecule has 0 saturated carbocycles. The van der Waals surface area contributed by atoms with Gasteiger partial charge >= 0.3 is 0 Å². The maximum Gasteiger partial charge on any atom is 0.277 e. The number of benzene rings is 2. The van der Waals surface area contributed by atoms with Crippen LogP contribution in [0.5, 0.6) is 11.5 Å². The molecule has 0 bridgehead atoms. The zero-order valence-electron chi connectivity index (χ0n) is 15.8. The number of hydrogen-bond donors (Lipinski definition) is 2. The number of ether oxygens (including phenoxy) is 1. The molecular weight excluding hydrogens is 342 g/mol. The van der Waals surface area contributed by atoms with Gasteiger partial charge in [0.15, 0.2) is 6.54 Å². The molecule has 1 amide bonds. The van der Waals surface area contributed by atoms with E-state index in [4.69, 9.17) is 4.74 Å². The highest BCUT2D eigenvalue weighted by molar-refractivity contribution is 5.77. The Bertz CT molecular complexity index is 713. The lowest BCUT2D eigenvalue weighted by atomic mass is 10.2. The molecule has 2 N–H and O–H groups in total. The summed E-state index contributed by atoms with van der Waals surface area (Å²) in [6.07, 6.45) is 0. The molecule has 2 aromatic carbocycles. The van der Waals surface area contributed by atoms with Gasteiger partial charge in [-0.1, -0.05) is 18.2 Å². The fourth-order valence-corrected chi connectivity index (χ4v) is 3.20. The number of phenolic OH excluding ortho intramolecular Hbond substituents is 1. The van der Waals surface area contributed by atoms with Crippen LogP contribution < -0.4 is 14.5 Å². The first-order valence-corrected chi connectivity index (χ1v) is 9.43. The Morgan fingerprint density at radius 2 is 1.70 bits per heavy atom. The van der Waals surface area contributed by atoms with Crippen LogP contribution in [0.25, 0.3) is 0 Å². The Labute approximate surface area is 160 Å². The molecule has 1 unspecified atom stereocenters. The molecule has 1 aliphatic rings. The van der Waals surface area contributed by atoms with Crippen molar-refractivity contribution < 1.29 is 19.5 Å². The molecule has 6 heteroatoms. The molecule has 0 spiro atoms. The van der Waals surface area contributed by atoms with E-state index in [-0.39, 0.29) is 11.7 Å². The summed E-state index contributed by atoms with van der Waals surface area (Å²) in [5.41, 5.74) is 1.08. The van der Waals surface area contributed by atoms with E-state index in [2.05, 4.69) is 4.90 Å². The standard InChI is InChI=1S/C21H27N3O3/c1-22(15-16-27-20-5-3-2-4-6-20)17-21(26)24-13-11-23(12-14-24)18-7-9-19(25)10-8-18/h2-10,25H,11-17H2,1H3/p+1. The van der Waals surface area contributed by atoms with Crippen molar-refractivity contribution in [3.8, 4) is 11.5 Å². The number of aromatic hydroxyl groups is 1. The lowest BCUT2D eigenvalue weighted by molar-refractivity contribution is -0.871.